The summed E-state index contributed by atoms with van der Waals surface area (Å²) >= 11 is 0. The molecule has 0 saturated carbocycles. The molecule has 3 heteroatoms. The van der Waals surface area contributed by atoms with Crippen LogP contribution >= 0.6 is 0 Å². The lowest BCUT2D eigenvalue weighted by Gasteiger charge is -2.39. The van der Waals surface area contributed by atoms with E-state index in [-0.39, 0.29) is 18.1 Å². The molecular weight excluding hydrogens is 166 g/mol. The van der Waals surface area contributed by atoms with Gasteiger partial charge in [0.2, 0.25) is 0 Å². The van der Waals surface area contributed by atoms with E-state index in [9.17, 15) is 5.11 Å². The van der Waals surface area contributed by atoms with Crippen molar-refractivity contribution in [3.8, 4) is 0 Å². The minimum absolute atomic E-state index is 0.111. The standard InChI is InChI=1S/C10H15NO2/c1-11-10-7-4-2-3-5-9(7)13-6-8(10)12/h2-5,7-12H,6H2,1H3/t7?,8-,9?,10+/m1/s1. The van der Waals surface area contributed by atoms with Gasteiger partial charge in [-0.05, 0) is 7.05 Å². The lowest BCUT2D eigenvalue weighted by Crippen LogP contribution is -2.54. The van der Waals surface area contributed by atoms with Crippen molar-refractivity contribution >= 4 is 0 Å². The zero-order valence-electron chi connectivity index (χ0n) is 7.68. The predicted molar refractivity (Wildman–Crippen MR) is 50.4 cm³/mol. The van der Waals surface area contributed by atoms with Crippen LogP contribution < -0.4 is 5.32 Å². The zero-order chi connectivity index (χ0) is 9.26. The van der Waals surface area contributed by atoms with Gasteiger partial charge in [-0.3, -0.25) is 0 Å². The molecule has 2 rings (SSSR count). The van der Waals surface area contributed by atoms with Crippen molar-refractivity contribution in [2.75, 3.05) is 13.7 Å². The number of rotatable bonds is 1. The summed E-state index contributed by atoms with van der Waals surface area (Å²) in [7, 11) is 1.88. The predicted octanol–water partition coefficient (Wildman–Crippen LogP) is 0.0763. The van der Waals surface area contributed by atoms with Crippen LogP contribution in [0, 0.1) is 5.92 Å². The molecule has 1 fully saturated rings. The Morgan fingerprint density at radius 3 is 2.92 bits per heavy atom. The van der Waals surface area contributed by atoms with E-state index < -0.39 is 6.10 Å². The molecule has 0 amide bonds. The van der Waals surface area contributed by atoms with Crippen LogP contribution in [0.25, 0.3) is 0 Å². The molecule has 1 saturated heterocycles. The van der Waals surface area contributed by atoms with Crippen LogP contribution in [0.5, 0.6) is 0 Å². The van der Waals surface area contributed by atoms with Gasteiger partial charge >= 0.3 is 0 Å². The summed E-state index contributed by atoms with van der Waals surface area (Å²) in [6.45, 7) is 0.421. The molecule has 0 aromatic rings. The second-order valence-electron chi connectivity index (χ2n) is 3.53. The van der Waals surface area contributed by atoms with Gasteiger partial charge in [0.25, 0.3) is 0 Å². The SMILES string of the molecule is CN[C@H]1C2C=CC=CC2OC[C@H]1O. The highest BCUT2D eigenvalue weighted by atomic mass is 16.5. The molecule has 1 heterocycles. The first kappa shape index (κ1) is 8.94. The summed E-state index contributed by atoms with van der Waals surface area (Å²) < 4.78 is 5.50. The Morgan fingerprint density at radius 2 is 2.15 bits per heavy atom. The molecule has 0 radical (unpaired) electrons. The maximum Gasteiger partial charge on any atom is 0.0933 e. The topological polar surface area (TPSA) is 41.5 Å². The molecule has 2 unspecified atom stereocenters. The molecular formula is C10H15NO2. The first-order chi connectivity index (χ1) is 6.33. The number of ether oxygens (including phenoxy) is 1. The Labute approximate surface area is 78.1 Å². The number of allylic oxidation sites excluding steroid dienone is 2. The molecule has 1 aliphatic heterocycles. The van der Waals surface area contributed by atoms with E-state index in [1.54, 1.807) is 0 Å². The van der Waals surface area contributed by atoms with E-state index in [4.69, 9.17) is 4.74 Å². The third-order valence-electron chi connectivity index (χ3n) is 2.75. The highest BCUT2D eigenvalue weighted by Gasteiger charge is 2.36. The molecule has 1 aliphatic carbocycles. The quantitative estimate of drug-likeness (QED) is 0.602. The normalized spacial score (nSPS) is 43.2. The summed E-state index contributed by atoms with van der Waals surface area (Å²) in [4.78, 5) is 0. The Morgan fingerprint density at radius 1 is 1.38 bits per heavy atom. The first-order valence-corrected chi connectivity index (χ1v) is 4.65. The fourth-order valence-electron chi connectivity index (χ4n) is 2.05. The van der Waals surface area contributed by atoms with E-state index in [0.717, 1.165) is 0 Å². The Hall–Kier alpha value is -0.640. The van der Waals surface area contributed by atoms with Crippen LogP contribution in [-0.4, -0.2) is 37.0 Å². The molecule has 0 bridgehead atoms. The van der Waals surface area contributed by atoms with Crippen LogP contribution in [0.15, 0.2) is 24.3 Å². The third kappa shape index (κ3) is 1.55. The first-order valence-electron chi connectivity index (χ1n) is 4.65. The summed E-state index contributed by atoms with van der Waals surface area (Å²) in [6.07, 6.45) is 7.86. The van der Waals surface area contributed by atoms with E-state index in [0.29, 0.717) is 6.61 Å². The summed E-state index contributed by atoms with van der Waals surface area (Å²) in [5.41, 5.74) is 0. The number of aliphatic hydroxyl groups is 1. The van der Waals surface area contributed by atoms with E-state index in [1.807, 2.05) is 25.3 Å². The van der Waals surface area contributed by atoms with E-state index in [2.05, 4.69) is 11.4 Å². The van der Waals surface area contributed by atoms with Crippen molar-refractivity contribution < 1.29 is 9.84 Å². The van der Waals surface area contributed by atoms with Gasteiger partial charge in [0.15, 0.2) is 0 Å². The van der Waals surface area contributed by atoms with E-state index in [1.165, 1.54) is 0 Å². The maximum atomic E-state index is 9.66. The van der Waals surface area contributed by atoms with Gasteiger partial charge in [-0.2, -0.15) is 0 Å². The lowest BCUT2D eigenvalue weighted by molar-refractivity contribution is -0.0773. The third-order valence-corrected chi connectivity index (χ3v) is 2.75. The van der Waals surface area contributed by atoms with Crippen LogP contribution in [0.2, 0.25) is 0 Å². The molecule has 13 heavy (non-hydrogen) atoms. The van der Waals surface area contributed by atoms with Gasteiger partial charge in [0, 0.05) is 12.0 Å². The van der Waals surface area contributed by atoms with Crippen molar-refractivity contribution in [2.24, 2.45) is 5.92 Å². The molecule has 0 aromatic carbocycles. The molecule has 2 N–H and O–H groups in total. The van der Waals surface area contributed by atoms with E-state index >= 15 is 0 Å². The fraction of sp³-hybridized carbons (Fsp3) is 0.600. The molecule has 72 valence electrons. The number of likely N-dealkylation sites (N-methyl/N-ethyl adjacent to an activating group) is 1. The number of hydrogen-bond acceptors (Lipinski definition) is 3. The van der Waals surface area contributed by atoms with Gasteiger partial charge < -0.3 is 15.2 Å². The maximum absolute atomic E-state index is 9.66. The number of hydrogen-bond donors (Lipinski definition) is 2. The molecule has 0 aromatic heterocycles. The van der Waals surface area contributed by atoms with Crippen LogP contribution in [0.1, 0.15) is 0 Å². The monoisotopic (exact) mass is 181 g/mol. The van der Waals surface area contributed by atoms with Crippen molar-refractivity contribution in [3.63, 3.8) is 0 Å². The lowest BCUT2D eigenvalue weighted by atomic mass is 9.85. The molecule has 4 atom stereocenters. The summed E-state index contributed by atoms with van der Waals surface area (Å²) in [6, 6.07) is 0.111. The smallest absolute Gasteiger partial charge is 0.0933 e. The molecule has 2 aliphatic rings. The number of fused-ring (bicyclic) bond motifs is 1. The van der Waals surface area contributed by atoms with Gasteiger partial charge in [0.1, 0.15) is 0 Å². The minimum Gasteiger partial charge on any atom is -0.389 e. The zero-order valence-corrected chi connectivity index (χ0v) is 7.68. The van der Waals surface area contributed by atoms with Crippen LogP contribution in [0.3, 0.4) is 0 Å². The van der Waals surface area contributed by atoms with Gasteiger partial charge in [0.05, 0.1) is 18.8 Å². The van der Waals surface area contributed by atoms with Gasteiger partial charge in [-0.25, -0.2) is 0 Å². The molecule has 3 nitrogen and oxygen atoms in total. The second kappa shape index (κ2) is 3.62. The van der Waals surface area contributed by atoms with Crippen LogP contribution in [0.4, 0.5) is 0 Å². The summed E-state index contributed by atoms with van der Waals surface area (Å²) in [5, 5.41) is 12.8. The van der Waals surface area contributed by atoms with Gasteiger partial charge in [-0.15, -0.1) is 0 Å². The summed E-state index contributed by atoms with van der Waals surface area (Å²) in [5.74, 6) is 0.263. The Kier molecular flexibility index (Phi) is 2.49. The Balaban J connectivity index is 2.15. The van der Waals surface area contributed by atoms with Crippen LogP contribution in [-0.2, 0) is 4.74 Å². The average molecular weight is 181 g/mol. The van der Waals surface area contributed by atoms with Crippen molar-refractivity contribution in [2.45, 2.75) is 18.2 Å². The minimum atomic E-state index is -0.401. The van der Waals surface area contributed by atoms with Crippen molar-refractivity contribution in [1.29, 1.82) is 0 Å². The van der Waals surface area contributed by atoms with Crippen molar-refractivity contribution in [3.05, 3.63) is 24.3 Å². The largest absolute Gasteiger partial charge is 0.389 e. The van der Waals surface area contributed by atoms with Crippen molar-refractivity contribution in [1.82, 2.24) is 5.32 Å². The number of nitrogens with one attached hydrogen (secondary N) is 1. The highest BCUT2D eigenvalue weighted by molar-refractivity contribution is 5.19. The molecule has 0 spiro atoms. The van der Waals surface area contributed by atoms with Gasteiger partial charge in [-0.1, -0.05) is 24.3 Å². The average Bonchev–Trinajstić information content (AvgIpc) is 2.18. The number of aliphatic hydroxyl groups excluding tert-OH is 1. The Bertz CT molecular complexity index is 237. The second-order valence-corrected chi connectivity index (χ2v) is 3.53. The fourth-order valence-corrected chi connectivity index (χ4v) is 2.05. The highest BCUT2D eigenvalue weighted by Crippen LogP contribution is 2.26.